The number of nitrogens with zero attached hydrogens (tertiary/aromatic N) is 1. The van der Waals surface area contributed by atoms with Crippen molar-refractivity contribution in [3.63, 3.8) is 0 Å². The van der Waals surface area contributed by atoms with Crippen LogP contribution < -0.4 is 0 Å². The monoisotopic (exact) mass is 289 g/mol. The normalized spacial score (nSPS) is 17.4. The van der Waals surface area contributed by atoms with Crippen molar-refractivity contribution in [3.8, 4) is 0 Å². The summed E-state index contributed by atoms with van der Waals surface area (Å²) in [5.74, 6) is 0.0764. The molecule has 0 aliphatic heterocycles. The van der Waals surface area contributed by atoms with Gasteiger partial charge in [-0.1, -0.05) is 49.6 Å². The highest BCUT2D eigenvalue weighted by Crippen LogP contribution is 2.31. The molecule has 1 aromatic rings. The van der Waals surface area contributed by atoms with Gasteiger partial charge in [0, 0.05) is 13.6 Å². The van der Waals surface area contributed by atoms with Crippen molar-refractivity contribution in [3.05, 3.63) is 35.9 Å². The maximum atomic E-state index is 12.2. The first-order valence-electron chi connectivity index (χ1n) is 8.09. The number of hydrogen-bond acceptors (Lipinski definition) is 2. The Bertz CT molecular complexity index is 438. The maximum Gasteiger partial charge on any atom is 0.225 e. The minimum absolute atomic E-state index is 0.0764. The Kier molecular flexibility index (Phi) is 5.80. The molecule has 1 fully saturated rings. The summed E-state index contributed by atoms with van der Waals surface area (Å²) >= 11 is 0. The topological polar surface area (TPSA) is 40.5 Å². The molecule has 1 aromatic carbocycles. The Morgan fingerprint density at radius 1 is 1.19 bits per heavy atom. The van der Waals surface area contributed by atoms with Crippen LogP contribution in [0.4, 0.5) is 0 Å². The Balaban J connectivity index is 1.72. The quantitative estimate of drug-likeness (QED) is 0.874. The van der Waals surface area contributed by atoms with Gasteiger partial charge in [-0.25, -0.2) is 0 Å². The van der Waals surface area contributed by atoms with Gasteiger partial charge >= 0.3 is 0 Å². The number of hydrogen-bond donors (Lipinski definition) is 1. The maximum absolute atomic E-state index is 12.2. The Morgan fingerprint density at radius 2 is 1.86 bits per heavy atom. The van der Waals surface area contributed by atoms with E-state index in [4.69, 9.17) is 0 Å². The molecule has 1 aliphatic rings. The zero-order valence-corrected chi connectivity index (χ0v) is 13.1. The average molecular weight is 289 g/mol. The van der Waals surface area contributed by atoms with E-state index in [-0.39, 0.29) is 12.3 Å². The lowest BCUT2D eigenvalue weighted by Gasteiger charge is -2.32. The number of amides is 1. The van der Waals surface area contributed by atoms with E-state index < -0.39 is 5.60 Å². The molecule has 21 heavy (non-hydrogen) atoms. The lowest BCUT2D eigenvalue weighted by atomic mass is 9.82. The second-order valence-corrected chi connectivity index (χ2v) is 6.37. The van der Waals surface area contributed by atoms with E-state index >= 15 is 0 Å². The van der Waals surface area contributed by atoms with Crippen LogP contribution in [0.5, 0.6) is 0 Å². The van der Waals surface area contributed by atoms with Crippen molar-refractivity contribution in [1.82, 2.24) is 4.90 Å². The zero-order chi connectivity index (χ0) is 15.1. The fraction of sp³-hybridized carbons (Fsp3) is 0.611. The molecule has 0 aromatic heterocycles. The molecular formula is C18H27NO2. The lowest BCUT2D eigenvalue weighted by Crippen LogP contribution is -2.39. The molecule has 1 aliphatic carbocycles. The van der Waals surface area contributed by atoms with Crippen molar-refractivity contribution in [2.75, 3.05) is 13.6 Å². The molecule has 3 nitrogen and oxygen atoms in total. The molecule has 0 saturated heterocycles. The van der Waals surface area contributed by atoms with Gasteiger partial charge < -0.3 is 10.0 Å². The summed E-state index contributed by atoms with van der Waals surface area (Å²) in [5.41, 5.74) is 0.562. The van der Waals surface area contributed by atoms with E-state index in [1.165, 1.54) is 12.0 Å². The molecule has 1 N–H and O–H groups in total. The predicted molar refractivity (Wildman–Crippen MR) is 85.1 cm³/mol. The van der Waals surface area contributed by atoms with Crippen LogP contribution in [0.2, 0.25) is 0 Å². The molecule has 2 rings (SSSR count). The summed E-state index contributed by atoms with van der Waals surface area (Å²) in [6.07, 6.45) is 7.06. The molecule has 3 heteroatoms. The molecule has 116 valence electrons. The van der Waals surface area contributed by atoms with Gasteiger partial charge in [-0.3, -0.25) is 4.79 Å². The predicted octanol–water partition coefficient (Wildman–Crippen LogP) is 3.16. The first-order valence-corrected chi connectivity index (χ1v) is 8.09. The van der Waals surface area contributed by atoms with Crippen molar-refractivity contribution in [2.45, 2.75) is 57.0 Å². The van der Waals surface area contributed by atoms with Crippen molar-refractivity contribution in [2.24, 2.45) is 0 Å². The van der Waals surface area contributed by atoms with Crippen LogP contribution in [-0.4, -0.2) is 35.1 Å². The summed E-state index contributed by atoms with van der Waals surface area (Å²) in [6, 6.07) is 10.3. The third kappa shape index (κ3) is 5.16. The van der Waals surface area contributed by atoms with E-state index in [0.717, 1.165) is 45.1 Å². The molecular weight excluding hydrogens is 262 g/mol. The van der Waals surface area contributed by atoms with E-state index in [1.807, 2.05) is 25.2 Å². The first kappa shape index (κ1) is 16.0. The molecule has 0 spiro atoms. The standard InChI is InChI=1S/C18H27NO2/c1-19(14-8-11-16-9-4-2-5-10-16)17(20)15-18(21)12-6-3-7-13-18/h2,4-5,9-10,21H,3,6-8,11-15H2,1H3. The Morgan fingerprint density at radius 3 is 2.52 bits per heavy atom. The molecule has 0 unspecified atom stereocenters. The van der Waals surface area contributed by atoms with Gasteiger partial charge in [-0.05, 0) is 31.2 Å². The van der Waals surface area contributed by atoms with Gasteiger partial charge in [0.1, 0.15) is 0 Å². The minimum atomic E-state index is -0.747. The molecule has 0 bridgehead atoms. The summed E-state index contributed by atoms with van der Waals surface area (Å²) in [5, 5.41) is 10.4. The fourth-order valence-corrected chi connectivity index (χ4v) is 3.09. The highest BCUT2D eigenvalue weighted by molar-refractivity contribution is 5.77. The number of aryl methyl sites for hydroxylation is 1. The van der Waals surface area contributed by atoms with Crippen LogP contribution in [0.1, 0.15) is 50.5 Å². The van der Waals surface area contributed by atoms with Crippen LogP contribution in [0.3, 0.4) is 0 Å². The zero-order valence-electron chi connectivity index (χ0n) is 13.1. The second kappa shape index (κ2) is 7.60. The molecule has 1 amide bonds. The average Bonchev–Trinajstić information content (AvgIpc) is 2.48. The molecule has 0 atom stereocenters. The van der Waals surface area contributed by atoms with Gasteiger partial charge in [0.15, 0.2) is 0 Å². The largest absolute Gasteiger partial charge is 0.389 e. The van der Waals surface area contributed by atoms with Crippen LogP contribution in [-0.2, 0) is 11.2 Å². The Labute approximate surface area is 128 Å². The highest BCUT2D eigenvalue weighted by Gasteiger charge is 2.32. The van der Waals surface area contributed by atoms with Crippen LogP contribution in [0, 0.1) is 0 Å². The van der Waals surface area contributed by atoms with Crippen LogP contribution in [0.15, 0.2) is 30.3 Å². The van der Waals surface area contributed by atoms with Gasteiger partial charge in [0.05, 0.1) is 12.0 Å². The smallest absolute Gasteiger partial charge is 0.225 e. The van der Waals surface area contributed by atoms with E-state index in [2.05, 4.69) is 12.1 Å². The number of carbonyl (C=O) groups excluding carboxylic acids is 1. The highest BCUT2D eigenvalue weighted by atomic mass is 16.3. The lowest BCUT2D eigenvalue weighted by molar-refractivity contribution is -0.136. The van der Waals surface area contributed by atoms with Gasteiger partial charge in [0.25, 0.3) is 0 Å². The van der Waals surface area contributed by atoms with E-state index in [1.54, 1.807) is 4.90 Å². The third-order valence-electron chi connectivity index (χ3n) is 4.49. The summed E-state index contributed by atoms with van der Waals surface area (Å²) in [7, 11) is 1.85. The van der Waals surface area contributed by atoms with Gasteiger partial charge in [-0.2, -0.15) is 0 Å². The Hall–Kier alpha value is -1.35. The third-order valence-corrected chi connectivity index (χ3v) is 4.49. The van der Waals surface area contributed by atoms with E-state index in [9.17, 15) is 9.90 Å². The van der Waals surface area contributed by atoms with E-state index in [0.29, 0.717) is 0 Å². The number of benzene rings is 1. The first-order chi connectivity index (χ1) is 10.1. The molecule has 1 saturated carbocycles. The summed E-state index contributed by atoms with van der Waals surface area (Å²) in [4.78, 5) is 14.0. The SMILES string of the molecule is CN(CCCc1ccccc1)C(=O)CC1(O)CCCCC1. The number of aliphatic hydroxyl groups is 1. The fourth-order valence-electron chi connectivity index (χ4n) is 3.09. The van der Waals surface area contributed by atoms with Crippen molar-refractivity contribution in [1.29, 1.82) is 0 Å². The van der Waals surface area contributed by atoms with Crippen molar-refractivity contribution < 1.29 is 9.90 Å². The summed E-state index contributed by atoms with van der Waals surface area (Å²) in [6.45, 7) is 0.754. The number of carbonyl (C=O) groups is 1. The van der Waals surface area contributed by atoms with Gasteiger partial charge in [-0.15, -0.1) is 0 Å². The molecule has 0 radical (unpaired) electrons. The van der Waals surface area contributed by atoms with Crippen LogP contribution >= 0.6 is 0 Å². The minimum Gasteiger partial charge on any atom is -0.389 e. The number of rotatable bonds is 6. The summed E-state index contributed by atoms with van der Waals surface area (Å²) < 4.78 is 0. The van der Waals surface area contributed by atoms with Gasteiger partial charge in [0.2, 0.25) is 5.91 Å². The second-order valence-electron chi connectivity index (χ2n) is 6.37. The van der Waals surface area contributed by atoms with Crippen LogP contribution in [0.25, 0.3) is 0 Å². The molecule has 0 heterocycles. The van der Waals surface area contributed by atoms with Crippen molar-refractivity contribution >= 4 is 5.91 Å².